The summed E-state index contributed by atoms with van der Waals surface area (Å²) in [5.74, 6) is -0.310. The quantitative estimate of drug-likeness (QED) is 0.851. The first-order valence-corrected chi connectivity index (χ1v) is 7.96. The van der Waals surface area contributed by atoms with Crippen molar-refractivity contribution >= 4 is 5.91 Å². The van der Waals surface area contributed by atoms with Gasteiger partial charge in [0.2, 0.25) is 0 Å². The van der Waals surface area contributed by atoms with E-state index in [9.17, 15) is 9.90 Å². The maximum Gasteiger partial charge on any atom is 0.272 e. The minimum atomic E-state index is -0.233. The Hall–Kier alpha value is -1.75. The lowest BCUT2D eigenvalue weighted by atomic mass is 9.70. The Morgan fingerprint density at radius 2 is 2.27 bits per heavy atom. The van der Waals surface area contributed by atoms with E-state index in [-0.39, 0.29) is 35.8 Å². The zero-order valence-electron chi connectivity index (χ0n) is 13.0. The predicted molar refractivity (Wildman–Crippen MR) is 81.7 cm³/mol. The average Bonchev–Trinajstić information content (AvgIpc) is 2.69. The second-order valence-corrected chi connectivity index (χ2v) is 7.37. The van der Waals surface area contributed by atoms with Gasteiger partial charge in [-0.3, -0.25) is 4.79 Å². The molecule has 3 unspecified atom stereocenters. The van der Waals surface area contributed by atoms with Gasteiger partial charge in [0.1, 0.15) is 0 Å². The van der Waals surface area contributed by atoms with Crippen molar-refractivity contribution in [1.29, 1.82) is 0 Å². The second kappa shape index (κ2) is 4.62. The molecule has 1 amide bonds. The first-order valence-electron chi connectivity index (χ1n) is 7.96. The number of aliphatic hydroxyl groups is 1. The zero-order chi connectivity index (χ0) is 15.5. The van der Waals surface area contributed by atoms with Crippen LogP contribution in [0.5, 0.6) is 0 Å². The van der Waals surface area contributed by atoms with E-state index >= 15 is 0 Å². The number of hydrogen-bond donors (Lipinski definition) is 1. The molecule has 4 rings (SSSR count). The normalized spacial score (nSPS) is 34.7. The molecule has 5 nitrogen and oxygen atoms in total. The number of rotatable bonds is 2. The number of azo groups is 1. The standard InChI is InChI=1S/C17H21N3O2/c1-17(2)8-11-15-13(9-17)20(6-7-21)12-5-3-4-10(14(12)15)16(22)19-18-11/h3-5,10-11,14,21H,6-9H2,1-2H3. The third-order valence-corrected chi connectivity index (χ3v) is 5.22. The van der Waals surface area contributed by atoms with Gasteiger partial charge < -0.3 is 10.0 Å². The van der Waals surface area contributed by atoms with Crippen molar-refractivity contribution in [3.63, 3.8) is 0 Å². The minimum Gasteiger partial charge on any atom is -0.395 e. The van der Waals surface area contributed by atoms with E-state index < -0.39 is 0 Å². The van der Waals surface area contributed by atoms with Gasteiger partial charge in [-0.2, -0.15) is 5.11 Å². The maximum absolute atomic E-state index is 12.4. The molecular weight excluding hydrogens is 278 g/mol. The van der Waals surface area contributed by atoms with Crippen LogP contribution >= 0.6 is 0 Å². The Bertz CT molecular complexity index is 657. The summed E-state index contributed by atoms with van der Waals surface area (Å²) in [4.78, 5) is 14.6. The monoisotopic (exact) mass is 299 g/mol. The molecule has 0 bridgehead atoms. The van der Waals surface area contributed by atoms with Crippen molar-refractivity contribution in [3.05, 3.63) is 35.2 Å². The predicted octanol–water partition coefficient (Wildman–Crippen LogP) is 2.42. The van der Waals surface area contributed by atoms with Crippen LogP contribution in [0.4, 0.5) is 0 Å². The summed E-state index contributed by atoms with van der Waals surface area (Å²) in [7, 11) is 0. The average molecular weight is 299 g/mol. The lowest BCUT2D eigenvalue weighted by Crippen LogP contribution is -2.31. The van der Waals surface area contributed by atoms with Gasteiger partial charge in [-0.15, -0.1) is 5.11 Å². The number of allylic oxidation sites excluding steroid dienone is 4. The van der Waals surface area contributed by atoms with E-state index in [0.29, 0.717) is 6.54 Å². The fourth-order valence-corrected chi connectivity index (χ4v) is 4.42. The molecule has 0 aromatic rings. The van der Waals surface area contributed by atoms with Gasteiger partial charge in [0.15, 0.2) is 0 Å². The molecule has 4 aliphatic rings. The number of hydrogen-bond acceptors (Lipinski definition) is 4. The fourth-order valence-electron chi connectivity index (χ4n) is 4.42. The highest BCUT2D eigenvalue weighted by molar-refractivity contribution is 5.83. The van der Waals surface area contributed by atoms with Crippen LogP contribution in [0, 0.1) is 17.3 Å². The van der Waals surface area contributed by atoms with Crippen LogP contribution < -0.4 is 0 Å². The molecule has 0 saturated carbocycles. The van der Waals surface area contributed by atoms with Crippen molar-refractivity contribution in [2.24, 2.45) is 27.5 Å². The molecule has 0 fully saturated rings. The summed E-state index contributed by atoms with van der Waals surface area (Å²) in [5.41, 5.74) is 3.78. The minimum absolute atomic E-state index is 0.00343. The zero-order valence-corrected chi connectivity index (χ0v) is 13.0. The summed E-state index contributed by atoms with van der Waals surface area (Å²) >= 11 is 0. The van der Waals surface area contributed by atoms with Gasteiger partial charge in [0, 0.05) is 23.9 Å². The number of β-amino-alcohol motifs (C(OH)–C–C–N with tert-alkyl or cyclic N) is 1. The smallest absolute Gasteiger partial charge is 0.272 e. The molecule has 5 heteroatoms. The van der Waals surface area contributed by atoms with E-state index in [2.05, 4.69) is 35.1 Å². The molecule has 3 atom stereocenters. The summed E-state index contributed by atoms with van der Waals surface area (Å²) in [5, 5.41) is 17.8. The Balaban J connectivity index is 1.90. The van der Waals surface area contributed by atoms with Crippen molar-refractivity contribution in [2.75, 3.05) is 13.2 Å². The highest BCUT2D eigenvalue weighted by Crippen LogP contribution is 2.54. The Kier molecular flexibility index (Phi) is 2.92. The highest BCUT2D eigenvalue weighted by atomic mass is 16.3. The summed E-state index contributed by atoms with van der Waals surface area (Å²) in [6.45, 7) is 5.16. The Morgan fingerprint density at radius 3 is 3.05 bits per heavy atom. The highest BCUT2D eigenvalue weighted by Gasteiger charge is 2.51. The molecule has 0 spiro atoms. The van der Waals surface area contributed by atoms with Crippen LogP contribution in [-0.4, -0.2) is 35.1 Å². The molecule has 1 N–H and O–H groups in total. The van der Waals surface area contributed by atoms with Gasteiger partial charge in [0.25, 0.3) is 5.91 Å². The lowest BCUT2D eigenvalue weighted by Gasteiger charge is -2.36. The molecule has 2 heterocycles. The molecule has 0 saturated heterocycles. The van der Waals surface area contributed by atoms with Gasteiger partial charge in [0.05, 0.1) is 18.6 Å². The van der Waals surface area contributed by atoms with E-state index in [1.165, 1.54) is 11.3 Å². The largest absolute Gasteiger partial charge is 0.395 e. The lowest BCUT2D eigenvalue weighted by molar-refractivity contribution is -0.121. The molecule has 0 radical (unpaired) electrons. The Morgan fingerprint density at radius 1 is 1.45 bits per heavy atom. The van der Waals surface area contributed by atoms with Crippen LogP contribution in [0.2, 0.25) is 0 Å². The number of nitrogens with zero attached hydrogens (tertiary/aromatic N) is 3. The number of carbonyl (C=O) groups excluding carboxylic acids is 1. The van der Waals surface area contributed by atoms with Crippen LogP contribution in [0.3, 0.4) is 0 Å². The van der Waals surface area contributed by atoms with Gasteiger partial charge in [-0.05, 0) is 29.9 Å². The third kappa shape index (κ3) is 1.85. The van der Waals surface area contributed by atoms with Crippen LogP contribution in [0.1, 0.15) is 26.7 Å². The van der Waals surface area contributed by atoms with Crippen LogP contribution in [-0.2, 0) is 4.79 Å². The number of carbonyl (C=O) groups is 1. The fraction of sp³-hybridized carbons (Fsp3) is 0.588. The Labute approximate surface area is 130 Å². The molecule has 0 aromatic carbocycles. The van der Waals surface area contributed by atoms with Crippen molar-refractivity contribution in [3.8, 4) is 0 Å². The molecule has 2 aliphatic carbocycles. The van der Waals surface area contributed by atoms with Gasteiger partial charge in [-0.1, -0.05) is 26.0 Å². The van der Waals surface area contributed by atoms with E-state index in [4.69, 9.17) is 0 Å². The van der Waals surface area contributed by atoms with E-state index in [1.807, 2.05) is 12.2 Å². The van der Waals surface area contributed by atoms with E-state index in [1.54, 1.807) is 0 Å². The van der Waals surface area contributed by atoms with Crippen LogP contribution in [0.15, 0.2) is 45.4 Å². The first kappa shape index (κ1) is 13.9. The van der Waals surface area contributed by atoms with Crippen molar-refractivity contribution in [2.45, 2.75) is 32.7 Å². The van der Waals surface area contributed by atoms with Crippen molar-refractivity contribution < 1.29 is 9.90 Å². The number of aliphatic hydroxyl groups excluding tert-OH is 1. The third-order valence-electron chi connectivity index (χ3n) is 5.22. The summed E-state index contributed by atoms with van der Waals surface area (Å²) < 4.78 is 0. The summed E-state index contributed by atoms with van der Waals surface area (Å²) in [6.07, 6.45) is 7.86. The molecule has 0 aromatic heterocycles. The van der Waals surface area contributed by atoms with Crippen LogP contribution in [0.25, 0.3) is 0 Å². The van der Waals surface area contributed by atoms with Crippen molar-refractivity contribution in [1.82, 2.24) is 4.90 Å². The SMILES string of the molecule is CC1(C)CC2=C3C(C1)N=NC(=O)C1C=CC=C(C31)N2CCO. The van der Waals surface area contributed by atoms with Gasteiger partial charge >= 0.3 is 0 Å². The number of amides is 1. The maximum atomic E-state index is 12.4. The topological polar surface area (TPSA) is 65.3 Å². The molecular formula is C17H21N3O2. The van der Waals surface area contributed by atoms with Gasteiger partial charge in [-0.25, -0.2) is 0 Å². The second-order valence-electron chi connectivity index (χ2n) is 7.37. The first-order chi connectivity index (χ1) is 10.5. The molecule has 2 aliphatic heterocycles. The summed E-state index contributed by atoms with van der Waals surface area (Å²) in [6, 6.07) is -0.00343. The molecule has 22 heavy (non-hydrogen) atoms. The van der Waals surface area contributed by atoms with E-state index in [0.717, 1.165) is 18.5 Å². The molecule has 116 valence electrons.